The average molecular weight is 353 g/mol. The molecule has 1 atom stereocenters. The van der Waals surface area contributed by atoms with Crippen LogP contribution in [0.1, 0.15) is 110 Å². The van der Waals surface area contributed by atoms with Crippen molar-refractivity contribution in [2.75, 3.05) is 6.61 Å². The predicted octanol–water partition coefficient (Wildman–Crippen LogP) is 5.13. The van der Waals surface area contributed by atoms with Gasteiger partial charge in [-0.3, -0.25) is 4.79 Å². The molecule has 4 heteroatoms. The molecule has 3 nitrogen and oxygen atoms in total. The van der Waals surface area contributed by atoms with Gasteiger partial charge in [0.15, 0.2) is 0 Å². The zero-order valence-electron chi connectivity index (χ0n) is 15.7. The van der Waals surface area contributed by atoms with Gasteiger partial charge in [0.25, 0.3) is 0 Å². The second-order valence-electron chi connectivity index (χ2n) is 6.68. The number of ether oxygens (including phenoxy) is 1. The number of hydrogen-bond donors (Lipinski definition) is 1. The van der Waals surface area contributed by atoms with Crippen molar-refractivity contribution in [2.45, 2.75) is 116 Å². The summed E-state index contributed by atoms with van der Waals surface area (Å²) in [7, 11) is 0. The Morgan fingerprint density at radius 2 is 1.25 bits per heavy atom. The van der Waals surface area contributed by atoms with Crippen LogP contribution in [0.15, 0.2) is 0 Å². The van der Waals surface area contributed by atoms with Gasteiger partial charge in [-0.1, -0.05) is 77.6 Å². The van der Waals surface area contributed by atoms with Gasteiger partial charge in [-0.15, -0.1) is 0 Å². The van der Waals surface area contributed by atoms with Gasteiger partial charge < -0.3 is 9.84 Å². The first-order valence-corrected chi connectivity index (χ1v) is 10.0. The van der Waals surface area contributed by atoms with Crippen LogP contribution in [0.4, 0.5) is 0 Å². The summed E-state index contributed by atoms with van der Waals surface area (Å²) in [6.07, 6.45) is 17.0. The molecule has 0 saturated heterocycles. The monoisotopic (exact) mass is 352 g/mol. The second-order valence-corrected chi connectivity index (χ2v) is 6.68. The van der Waals surface area contributed by atoms with E-state index in [1.165, 1.54) is 57.8 Å². The van der Waals surface area contributed by atoms with E-state index in [0.29, 0.717) is 13.0 Å². The third-order valence-corrected chi connectivity index (χ3v) is 4.36. The van der Waals surface area contributed by atoms with E-state index < -0.39 is 0 Å². The zero-order valence-corrected chi connectivity index (χ0v) is 15.7. The zero-order chi connectivity index (χ0) is 17.2. The number of unbranched alkanes of at least 4 members (excludes halogenated alkanes) is 10. The molecule has 0 aromatic carbocycles. The first-order chi connectivity index (χ1) is 11.2. The Kier molecular flexibility index (Phi) is 23.8. The van der Waals surface area contributed by atoms with E-state index >= 15 is 0 Å². The average Bonchev–Trinajstić information content (AvgIpc) is 2.53. The van der Waals surface area contributed by atoms with Crippen molar-refractivity contribution in [1.82, 2.24) is 0 Å². The Bertz CT molecular complexity index is 259. The second kappa shape index (κ2) is 21.5. The normalized spacial score (nSPS) is 11.8. The molecule has 140 valence electrons. The molecular formula is C20H41NaO3. The fourth-order valence-electron chi connectivity index (χ4n) is 2.89. The first kappa shape index (κ1) is 26.7. The van der Waals surface area contributed by atoms with Crippen LogP contribution in [0.5, 0.6) is 0 Å². The molecule has 0 amide bonds. The van der Waals surface area contributed by atoms with Crippen LogP contribution in [0, 0.1) is 0 Å². The van der Waals surface area contributed by atoms with Gasteiger partial charge in [0.1, 0.15) is 0 Å². The summed E-state index contributed by atoms with van der Waals surface area (Å²) in [6.45, 7) is 4.56. The van der Waals surface area contributed by atoms with Gasteiger partial charge in [0.05, 0.1) is 12.7 Å². The molecule has 1 N–H and O–H groups in total. The molecule has 24 heavy (non-hydrogen) atoms. The Morgan fingerprint density at radius 3 is 1.75 bits per heavy atom. The van der Waals surface area contributed by atoms with E-state index in [4.69, 9.17) is 4.74 Å². The Labute approximate surface area is 172 Å². The molecule has 0 aliphatic rings. The summed E-state index contributed by atoms with van der Waals surface area (Å²) in [5.41, 5.74) is 0. The summed E-state index contributed by atoms with van der Waals surface area (Å²) < 4.78 is 4.91. The Morgan fingerprint density at radius 1 is 0.792 bits per heavy atom. The van der Waals surface area contributed by atoms with Crippen LogP contribution >= 0.6 is 0 Å². The van der Waals surface area contributed by atoms with Crippen molar-refractivity contribution < 1.29 is 14.6 Å². The summed E-state index contributed by atoms with van der Waals surface area (Å²) in [5.74, 6) is -0.0549. The molecule has 0 aliphatic carbocycles. The van der Waals surface area contributed by atoms with E-state index in [1.54, 1.807) is 0 Å². The molecule has 0 aliphatic heterocycles. The van der Waals surface area contributed by atoms with Gasteiger partial charge in [-0.2, -0.15) is 0 Å². The number of rotatable bonds is 17. The van der Waals surface area contributed by atoms with Crippen LogP contribution in [0.2, 0.25) is 0 Å². The van der Waals surface area contributed by atoms with Crippen molar-refractivity contribution >= 4 is 35.5 Å². The maximum atomic E-state index is 11.2. The van der Waals surface area contributed by atoms with E-state index in [-0.39, 0.29) is 41.6 Å². The molecule has 0 spiro atoms. The minimum atomic E-state index is -0.0743. The van der Waals surface area contributed by atoms with Crippen molar-refractivity contribution in [2.24, 2.45) is 0 Å². The van der Waals surface area contributed by atoms with Crippen LogP contribution in [-0.4, -0.2) is 53.3 Å². The van der Waals surface area contributed by atoms with E-state index in [0.717, 1.165) is 32.1 Å². The summed E-state index contributed by atoms with van der Waals surface area (Å²) in [5, 5.41) is 9.89. The van der Waals surface area contributed by atoms with Crippen LogP contribution < -0.4 is 0 Å². The quantitative estimate of drug-likeness (QED) is 0.224. The molecule has 0 aromatic rings. The third-order valence-electron chi connectivity index (χ3n) is 4.36. The first-order valence-electron chi connectivity index (χ1n) is 10.0. The van der Waals surface area contributed by atoms with E-state index in [2.05, 4.69) is 6.92 Å². The number of aliphatic hydroxyl groups is 1. The number of hydrogen-bond acceptors (Lipinski definition) is 3. The fraction of sp³-hybridized carbons (Fsp3) is 0.950. The number of aliphatic hydroxyl groups excluding tert-OH is 1. The molecule has 1 unspecified atom stereocenters. The third kappa shape index (κ3) is 20.5. The number of carbonyl (C=O) groups is 1. The number of esters is 1. The van der Waals surface area contributed by atoms with Crippen molar-refractivity contribution in [1.29, 1.82) is 0 Å². The van der Waals surface area contributed by atoms with Crippen LogP contribution in [0.25, 0.3) is 0 Å². The molecule has 0 aromatic heterocycles. The molecule has 0 radical (unpaired) electrons. The molecule has 0 fully saturated rings. The maximum absolute atomic E-state index is 11.2. The summed E-state index contributed by atoms with van der Waals surface area (Å²) >= 11 is 0. The van der Waals surface area contributed by atoms with Gasteiger partial charge in [-0.05, 0) is 26.2 Å². The van der Waals surface area contributed by atoms with Crippen molar-refractivity contribution in [3.63, 3.8) is 0 Å². The fourth-order valence-corrected chi connectivity index (χ4v) is 2.89. The van der Waals surface area contributed by atoms with Gasteiger partial charge >= 0.3 is 35.5 Å². The van der Waals surface area contributed by atoms with Crippen molar-refractivity contribution in [3.05, 3.63) is 0 Å². The van der Waals surface area contributed by atoms with Crippen LogP contribution in [-0.2, 0) is 9.53 Å². The molecule has 0 saturated carbocycles. The summed E-state index contributed by atoms with van der Waals surface area (Å²) in [4.78, 5) is 11.2. The van der Waals surface area contributed by atoms with Gasteiger partial charge in [-0.25, -0.2) is 0 Å². The Hall–Kier alpha value is 0.430. The topological polar surface area (TPSA) is 46.5 Å². The Balaban J connectivity index is 0. The van der Waals surface area contributed by atoms with E-state index in [1.807, 2.05) is 6.92 Å². The molecule has 0 heterocycles. The predicted molar refractivity (Wildman–Crippen MR) is 105 cm³/mol. The minimum absolute atomic E-state index is 0. The molecule has 0 bridgehead atoms. The number of carbonyl (C=O) groups excluding carboxylic acids is 1. The molecule has 0 rings (SSSR count). The van der Waals surface area contributed by atoms with Gasteiger partial charge in [0, 0.05) is 6.42 Å². The standard InChI is InChI=1S/C20H40O3.Na.H/c1-3-5-6-13-16-19(21)17-14-11-9-7-8-10-12-15-18-20(22)23-4-2;;/h19,21H,3-18H2,1-2H3;;. The summed E-state index contributed by atoms with van der Waals surface area (Å²) in [6, 6.07) is 0. The SMILES string of the molecule is CCCCCCC(O)CCCCCCCCCCC(=O)OCC.[NaH]. The molecular weight excluding hydrogens is 311 g/mol. The van der Waals surface area contributed by atoms with E-state index in [9.17, 15) is 9.90 Å². The van der Waals surface area contributed by atoms with Gasteiger partial charge in [0.2, 0.25) is 0 Å². The van der Waals surface area contributed by atoms with Crippen molar-refractivity contribution in [3.8, 4) is 0 Å². The van der Waals surface area contributed by atoms with Crippen LogP contribution in [0.3, 0.4) is 0 Å².